The number of rotatable bonds is 7. The van der Waals surface area contributed by atoms with Gasteiger partial charge in [-0.05, 0) is 119 Å². The number of benzene rings is 1. The smallest absolute Gasteiger partial charge is 0.410 e. The van der Waals surface area contributed by atoms with Crippen molar-refractivity contribution in [2.24, 2.45) is 0 Å². The summed E-state index contributed by atoms with van der Waals surface area (Å²) < 4.78 is 5.58. The van der Waals surface area contributed by atoms with E-state index in [9.17, 15) is 4.79 Å². The third kappa shape index (κ3) is 8.34. The number of nitrogen functional groups attached to an aromatic ring is 2. The summed E-state index contributed by atoms with van der Waals surface area (Å²) in [5.41, 5.74) is 19.4. The molecular weight excluding hydrogens is 488 g/mol. The molecule has 1 saturated heterocycles. The molecule has 0 bridgehead atoms. The maximum atomic E-state index is 12.6. The lowest BCUT2D eigenvalue weighted by atomic mass is 9.99. The fourth-order valence-corrected chi connectivity index (χ4v) is 5.03. The van der Waals surface area contributed by atoms with Crippen molar-refractivity contribution >= 4 is 23.4 Å². The van der Waals surface area contributed by atoms with Crippen LogP contribution in [0.1, 0.15) is 54.4 Å². The largest absolute Gasteiger partial charge is 0.444 e. The molecule has 2 aromatic heterocycles. The van der Waals surface area contributed by atoms with Gasteiger partial charge in [0.15, 0.2) is 0 Å². The molecule has 208 valence electrons. The molecule has 1 fully saturated rings. The molecule has 1 aromatic carbocycles. The van der Waals surface area contributed by atoms with Gasteiger partial charge in [0, 0.05) is 43.3 Å². The lowest BCUT2D eigenvalue weighted by Gasteiger charge is -2.37. The van der Waals surface area contributed by atoms with Gasteiger partial charge < -0.3 is 26.0 Å². The minimum Gasteiger partial charge on any atom is -0.444 e. The number of ether oxygens (including phenoxy) is 1. The number of aryl methyl sites for hydroxylation is 6. The zero-order chi connectivity index (χ0) is 28.2. The van der Waals surface area contributed by atoms with Crippen LogP contribution in [0.25, 0.3) is 0 Å². The van der Waals surface area contributed by atoms with E-state index in [-0.39, 0.29) is 6.09 Å². The molecule has 0 unspecified atom stereocenters. The molecule has 39 heavy (non-hydrogen) atoms. The lowest BCUT2D eigenvalue weighted by molar-refractivity contribution is 0.0240. The van der Waals surface area contributed by atoms with E-state index in [0.717, 1.165) is 61.3 Å². The highest BCUT2D eigenvalue weighted by Gasteiger charge is 2.26. The van der Waals surface area contributed by atoms with Crippen LogP contribution in [0.4, 0.5) is 22.1 Å². The minimum absolute atomic E-state index is 0.244. The van der Waals surface area contributed by atoms with Gasteiger partial charge in [-0.2, -0.15) is 0 Å². The van der Waals surface area contributed by atoms with E-state index in [0.29, 0.717) is 24.7 Å². The number of anilines is 3. The van der Waals surface area contributed by atoms with Gasteiger partial charge in [0.1, 0.15) is 17.2 Å². The Morgan fingerprint density at radius 1 is 0.769 bits per heavy atom. The van der Waals surface area contributed by atoms with Gasteiger partial charge in [-0.15, -0.1) is 0 Å². The molecule has 4 rings (SSSR count). The van der Waals surface area contributed by atoms with E-state index in [1.165, 1.54) is 16.8 Å². The van der Waals surface area contributed by atoms with Gasteiger partial charge in [-0.1, -0.05) is 6.07 Å². The normalized spacial score (nSPS) is 14.0. The molecule has 4 N–H and O–H groups in total. The van der Waals surface area contributed by atoms with Crippen LogP contribution in [0.2, 0.25) is 0 Å². The van der Waals surface area contributed by atoms with Crippen LogP contribution < -0.4 is 16.4 Å². The average molecular weight is 531 g/mol. The van der Waals surface area contributed by atoms with Crippen molar-refractivity contribution in [2.75, 3.05) is 42.5 Å². The summed E-state index contributed by atoms with van der Waals surface area (Å²) >= 11 is 0. The first-order valence-corrected chi connectivity index (χ1v) is 13.8. The standard InChI is InChI=1S/C31H42N6O2/c1-21-14-25(34-28(32)16-21)8-6-23-18-24(7-9-26-15-22(2)17-29(33)35-26)20-27(19-23)36-10-12-37(13-11-36)30(38)39-31(3,4)5/h14-20H,6-13H2,1-5H3,(H2,32,34)(H2,33,35). The molecule has 3 heterocycles. The molecule has 1 aliphatic heterocycles. The van der Waals surface area contributed by atoms with E-state index in [1.54, 1.807) is 4.90 Å². The van der Waals surface area contributed by atoms with Crippen molar-refractivity contribution in [3.05, 3.63) is 76.1 Å². The third-order valence-electron chi connectivity index (χ3n) is 6.76. The predicted molar refractivity (Wildman–Crippen MR) is 158 cm³/mol. The van der Waals surface area contributed by atoms with E-state index in [4.69, 9.17) is 16.2 Å². The molecule has 1 amide bonds. The number of nitrogens with two attached hydrogens (primary N) is 2. The fraction of sp³-hybridized carbons (Fsp3) is 0.452. The molecule has 3 aromatic rings. The number of piperazine rings is 1. The van der Waals surface area contributed by atoms with Gasteiger partial charge in [0.25, 0.3) is 0 Å². The first-order chi connectivity index (χ1) is 18.4. The van der Waals surface area contributed by atoms with Crippen molar-refractivity contribution in [1.82, 2.24) is 14.9 Å². The number of nitrogens with zero attached hydrogens (tertiary/aromatic N) is 4. The van der Waals surface area contributed by atoms with Crippen LogP contribution in [0.3, 0.4) is 0 Å². The number of hydrogen-bond acceptors (Lipinski definition) is 7. The Morgan fingerprint density at radius 3 is 1.69 bits per heavy atom. The second-order valence-electron chi connectivity index (χ2n) is 11.6. The van der Waals surface area contributed by atoms with E-state index in [2.05, 4.69) is 45.2 Å². The molecule has 8 heteroatoms. The summed E-state index contributed by atoms with van der Waals surface area (Å²) in [4.78, 5) is 25.8. The van der Waals surface area contributed by atoms with Crippen LogP contribution >= 0.6 is 0 Å². The number of pyridine rings is 2. The molecule has 1 aliphatic rings. The van der Waals surface area contributed by atoms with Gasteiger partial charge in [0.05, 0.1) is 0 Å². The van der Waals surface area contributed by atoms with E-state index >= 15 is 0 Å². The van der Waals surface area contributed by atoms with Crippen molar-refractivity contribution in [1.29, 1.82) is 0 Å². The van der Waals surface area contributed by atoms with Gasteiger partial charge in [-0.25, -0.2) is 14.8 Å². The summed E-state index contributed by atoms with van der Waals surface area (Å²) in [6.07, 6.45) is 3.12. The number of carbonyl (C=O) groups excluding carboxylic acids is 1. The summed E-state index contributed by atoms with van der Waals surface area (Å²) in [7, 11) is 0. The van der Waals surface area contributed by atoms with E-state index in [1.807, 2.05) is 46.8 Å². The Labute approximate surface area is 232 Å². The number of aromatic nitrogens is 2. The molecule has 8 nitrogen and oxygen atoms in total. The highest BCUT2D eigenvalue weighted by Crippen LogP contribution is 2.24. The Hall–Kier alpha value is -3.81. The van der Waals surface area contributed by atoms with Crippen molar-refractivity contribution in [3.8, 4) is 0 Å². The lowest BCUT2D eigenvalue weighted by Crippen LogP contribution is -2.50. The van der Waals surface area contributed by atoms with Gasteiger partial charge in [-0.3, -0.25) is 0 Å². The second kappa shape index (κ2) is 11.9. The first kappa shape index (κ1) is 28.2. The van der Waals surface area contributed by atoms with Gasteiger partial charge >= 0.3 is 6.09 Å². The van der Waals surface area contributed by atoms with Crippen molar-refractivity contribution in [3.63, 3.8) is 0 Å². The van der Waals surface area contributed by atoms with Crippen LogP contribution in [0.5, 0.6) is 0 Å². The quantitative estimate of drug-likeness (QED) is 0.448. The minimum atomic E-state index is -0.495. The SMILES string of the molecule is Cc1cc(N)nc(CCc2cc(CCc3cc(C)cc(N)n3)cc(N3CCN(C(=O)OC(C)(C)C)CC3)c2)c1. The molecule has 0 radical (unpaired) electrons. The Balaban J connectivity index is 1.51. The summed E-state index contributed by atoms with van der Waals surface area (Å²) in [5.74, 6) is 1.12. The zero-order valence-corrected chi connectivity index (χ0v) is 24.0. The van der Waals surface area contributed by atoms with Gasteiger partial charge in [0.2, 0.25) is 0 Å². The molecule has 0 spiro atoms. The third-order valence-corrected chi connectivity index (χ3v) is 6.76. The first-order valence-electron chi connectivity index (χ1n) is 13.8. The van der Waals surface area contributed by atoms with Crippen LogP contribution in [0.15, 0.2) is 42.5 Å². The molecular formula is C31H42N6O2. The topological polar surface area (TPSA) is 111 Å². The molecule has 0 saturated carbocycles. The van der Waals surface area contributed by atoms with Crippen LogP contribution in [-0.2, 0) is 30.4 Å². The number of amides is 1. The molecule has 0 aliphatic carbocycles. The highest BCUT2D eigenvalue weighted by atomic mass is 16.6. The van der Waals surface area contributed by atoms with Crippen molar-refractivity contribution in [2.45, 2.75) is 65.9 Å². The summed E-state index contributed by atoms with van der Waals surface area (Å²) in [5, 5.41) is 0. The highest BCUT2D eigenvalue weighted by molar-refractivity contribution is 5.68. The van der Waals surface area contributed by atoms with E-state index < -0.39 is 5.60 Å². The molecule has 0 atom stereocenters. The monoisotopic (exact) mass is 530 g/mol. The average Bonchev–Trinajstić information content (AvgIpc) is 2.84. The van der Waals surface area contributed by atoms with Crippen LogP contribution in [0, 0.1) is 13.8 Å². The predicted octanol–water partition coefficient (Wildman–Crippen LogP) is 4.89. The van der Waals surface area contributed by atoms with Crippen LogP contribution in [-0.4, -0.2) is 52.7 Å². The Kier molecular flexibility index (Phi) is 8.63. The number of hydrogen-bond donors (Lipinski definition) is 2. The maximum Gasteiger partial charge on any atom is 0.410 e. The number of carbonyl (C=O) groups is 1. The van der Waals surface area contributed by atoms with Crippen molar-refractivity contribution < 1.29 is 9.53 Å². The summed E-state index contributed by atoms with van der Waals surface area (Å²) in [6.45, 7) is 12.6. The Bertz CT molecular complexity index is 1190. The maximum absolute atomic E-state index is 12.6. The fourth-order valence-electron chi connectivity index (χ4n) is 5.03. The zero-order valence-electron chi connectivity index (χ0n) is 24.0. The summed E-state index contributed by atoms with van der Waals surface area (Å²) in [6, 6.07) is 14.8. The second-order valence-corrected chi connectivity index (χ2v) is 11.6. The Morgan fingerprint density at radius 2 is 1.26 bits per heavy atom.